The van der Waals surface area contributed by atoms with Crippen molar-refractivity contribution in [2.24, 2.45) is 0 Å². The van der Waals surface area contributed by atoms with Gasteiger partial charge in [0.15, 0.2) is 11.5 Å². The van der Waals surface area contributed by atoms with Gasteiger partial charge in [-0.3, -0.25) is 9.36 Å². The van der Waals surface area contributed by atoms with E-state index in [1.54, 1.807) is 36.0 Å². The Balaban J connectivity index is 1.79. The number of ether oxygens (including phenoxy) is 2. The third-order valence-electron chi connectivity index (χ3n) is 4.14. The van der Waals surface area contributed by atoms with Gasteiger partial charge in [-0.2, -0.15) is 14.0 Å². The summed E-state index contributed by atoms with van der Waals surface area (Å²) in [5.41, 5.74) is 0.859. The average molecular weight is 401 g/mol. The molecule has 7 nitrogen and oxygen atoms in total. The first-order valence-electron chi connectivity index (χ1n) is 8.51. The molecule has 0 unspecified atom stereocenters. The molecule has 0 atom stereocenters. The summed E-state index contributed by atoms with van der Waals surface area (Å²) in [5.74, 6) is 0.0833. The number of nitrogens with zero attached hydrogens (tertiary/aromatic N) is 2. The number of nitriles is 1. The van der Waals surface area contributed by atoms with Crippen molar-refractivity contribution in [2.45, 2.75) is 20.1 Å². The van der Waals surface area contributed by atoms with Gasteiger partial charge in [0.2, 0.25) is 5.88 Å². The Labute approximate surface area is 165 Å². The van der Waals surface area contributed by atoms with Gasteiger partial charge in [0, 0.05) is 18.9 Å². The van der Waals surface area contributed by atoms with Crippen LogP contribution in [0.3, 0.4) is 0 Å². The Hall–Kier alpha value is -3.80. The third-order valence-corrected chi connectivity index (χ3v) is 4.14. The molecule has 3 aromatic rings. The predicted octanol–water partition coefficient (Wildman–Crippen LogP) is 3.79. The van der Waals surface area contributed by atoms with E-state index in [1.165, 1.54) is 25.3 Å². The first kappa shape index (κ1) is 19.9. The number of nitrogens with one attached hydrogen (secondary N) is 1. The second-order valence-electron chi connectivity index (χ2n) is 5.96. The van der Waals surface area contributed by atoms with Gasteiger partial charge < -0.3 is 19.2 Å². The molecule has 0 bridgehead atoms. The van der Waals surface area contributed by atoms with Crippen LogP contribution in [0.5, 0.6) is 11.5 Å². The number of carbonyl (C=O) groups excluding carboxylic acids is 1. The van der Waals surface area contributed by atoms with Crippen LogP contribution in [0.25, 0.3) is 5.88 Å². The summed E-state index contributed by atoms with van der Waals surface area (Å²) >= 11 is 0. The Morgan fingerprint density at radius 1 is 1.31 bits per heavy atom. The summed E-state index contributed by atoms with van der Waals surface area (Å²) in [6.07, 6.45) is 3.41. The first-order valence-corrected chi connectivity index (χ1v) is 8.51. The van der Waals surface area contributed by atoms with E-state index in [9.17, 15) is 18.8 Å². The number of halogens is 2. The lowest BCUT2D eigenvalue weighted by atomic mass is 10.1. The molecule has 1 N–H and O–H groups in total. The van der Waals surface area contributed by atoms with Crippen molar-refractivity contribution in [1.29, 1.82) is 5.26 Å². The normalized spacial score (nSPS) is 10.6. The lowest BCUT2D eigenvalue weighted by molar-refractivity contribution is -0.0512. The second-order valence-corrected chi connectivity index (χ2v) is 5.96. The summed E-state index contributed by atoms with van der Waals surface area (Å²) in [4.78, 5) is 12.7. The molecule has 0 saturated carbocycles. The largest absolute Gasteiger partial charge is 0.493 e. The van der Waals surface area contributed by atoms with Crippen molar-refractivity contribution in [2.75, 3.05) is 7.11 Å². The van der Waals surface area contributed by atoms with Crippen LogP contribution in [0.4, 0.5) is 8.78 Å². The molecule has 0 fully saturated rings. The molecule has 0 radical (unpaired) electrons. The van der Waals surface area contributed by atoms with Gasteiger partial charge in [0.25, 0.3) is 5.91 Å². The van der Waals surface area contributed by atoms with Crippen molar-refractivity contribution >= 4 is 5.91 Å². The van der Waals surface area contributed by atoms with Gasteiger partial charge in [-0.25, -0.2) is 0 Å². The summed E-state index contributed by atoms with van der Waals surface area (Å²) in [6.45, 7) is -1.29. The Morgan fingerprint density at radius 3 is 2.66 bits per heavy atom. The Bertz CT molecular complexity index is 1050. The number of aryl methyl sites for hydroxylation is 1. The molecule has 150 valence electrons. The molecule has 0 saturated heterocycles. The maximum atomic E-state index is 12.7. The zero-order valence-electron chi connectivity index (χ0n) is 15.6. The molecule has 0 spiro atoms. The minimum absolute atomic E-state index is 0.0818. The minimum Gasteiger partial charge on any atom is -0.493 e. The maximum Gasteiger partial charge on any atom is 0.387 e. The van der Waals surface area contributed by atoms with Crippen molar-refractivity contribution in [3.05, 3.63) is 65.2 Å². The van der Waals surface area contributed by atoms with E-state index in [2.05, 4.69) is 10.1 Å². The summed E-state index contributed by atoms with van der Waals surface area (Å²) in [6, 6.07) is 9.90. The van der Waals surface area contributed by atoms with Crippen LogP contribution in [0.2, 0.25) is 0 Å². The smallest absolute Gasteiger partial charge is 0.387 e. The van der Waals surface area contributed by atoms with Crippen molar-refractivity contribution in [3.8, 4) is 23.5 Å². The molecule has 2 heterocycles. The highest BCUT2D eigenvalue weighted by molar-refractivity contribution is 5.98. The lowest BCUT2D eigenvalue weighted by Gasteiger charge is -2.12. The Kier molecular flexibility index (Phi) is 5.83. The number of amides is 1. The van der Waals surface area contributed by atoms with Crippen molar-refractivity contribution in [1.82, 2.24) is 9.88 Å². The summed E-state index contributed by atoms with van der Waals surface area (Å²) in [7, 11) is 1.33. The van der Waals surface area contributed by atoms with Crippen LogP contribution in [0.1, 0.15) is 27.2 Å². The third kappa shape index (κ3) is 4.21. The monoisotopic (exact) mass is 401 g/mol. The van der Waals surface area contributed by atoms with E-state index in [1.807, 2.05) is 6.07 Å². The van der Waals surface area contributed by atoms with Gasteiger partial charge in [-0.15, -0.1) is 0 Å². The molecule has 0 aliphatic heterocycles. The van der Waals surface area contributed by atoms with Crippen LogP contribution in [0, 0.1) is 18.3 Å². The fraction of sp³-hybridized carbons (Fsp3) is 0.200. The first-order chi connectivity index (χ1) is 13.9. The molecule has 29 heavy (non-hydrogen) atoms. The number of alkyl halides is 2. The number of hydrogen-bond donors (Lipinski definition) is 1. The molecule has 3 rings (SSSR count). The molecule has 1 aromatic carbocycles. The molecule has 9 heteroatoms. The summed E-state index contributed by atoms with van der Waals surface area (Å²) < 4.78 is 41.5. The number of hydrogen-bond acceptors (Lipinski definition) is 5. The predicted molar refractivity (Wildman–Crippen MR) is 98.3 cm³/mol. The van der Waals surface area contributed by atoms with E-state index < -0.39 is 12.5 Å². The Morgan fingerprint density at radius 2 is 2.03 bits per heavy atom. The van der Waals surface area contributed by atoms with Crippen LogP contribution in [-0.4, -0.2) is 24.2 Å². The molecular formula is C20H17F2N3O4. The number of rotatable bonds is 7. The highest BCUT2D eigenvalue weighted by atomic mass is 19.3. The van der Waals surface area contributed by atoms with Gasteiger partial charge in [-0.1, -0.05) is 6.07 Å². The van der Waals surface area contributed by atoms with Gasteiger partial charge >= 0.3 is 6.61 Å². The second kappa shape index (κ2) is 8.48. The zero-order valence-corrected chi connectivity index (χ0v) is 15.6. The molecular weight excluding hydrogens is 384 g/mol. The fourth-order valence-corrected chi connectivity index (χ4v) is 2.84. The topological polar surface area (TPSA) is 89.4 Å². The van der Waals surface area contributed by atoms with Gasteiger partial charge in [0.05, 0.1) is 7.11 Å². The van der Waals surface area contributed by atoms with E-state index in [0.29, 0.717) is 11.3 Å². The van der Waals surface area contributed by atoms with Crippen LogP contribution < -0.4 is 14.8 Å². The number of furan rings is 1. The number of aromatic nitrogens is 1. The fourth-order valence-electron chi connectivity index (χ4n) is 2.84. The van der Waals surface area contributed by atoms with E-state index in [4.69, 9.17) is 9.15 Å². The van der Waals surface area contributed by atoms with E-state index >= 15 is 0 Å². The van der Waals surface area contributed by atoms with Crippen molar-refractivity contribution < 1.29 is 27.5 Å². The van der Waals surface area contributed by atoms with Gasteiger partial charge in [-0.05, 0) is 36.8 Å². The van der Waals surface area contributed by atoms with Crippen LogP contribution in [-0.2, 0) is 6.54 Å². The van der Waals surface area contributed by atoms with E-state index in [0.717, 1.165) is 0 Å². The zero-order chi connectivity index (χ0) is 21.0. The summed E-state index contributed by atoms with van der Waals surface area (Å²) in [5, 5.41) is 12.2. The lowest BCUT2D eigenvalue weighted by Crippen LogP contribution is -2.24. The van der Waals surface area contributed by atoms with E-state index in [-0.39, 0.29) is 35.1 Å². The highest BCUT2D eigenvalue weighted by Crippen LogP contribution is 2.30. The number of methoxy groups -OCH3 is 1. The molecule has 1 amide bonds. The highest BCUT2D eigenvalue weighted by Gasteiger charge is 2.24. The van der Waals surface area contributed by atoms with Crippen LogP contribution >= 0.6 is 0 Å². The van der Waals surface area contributed by atoms with Crippen molar-refractivity contribution in [3.63, 3.8) is 0 Å². The molecule has 2 aromatic heterocycles. The standard InChI is InChI=1S/C20H17F2N3O4/c1-12-17(14(10-23)19(28-12)25-7-3-4-8-25)18(26)24-11-13-5-6-15(29-20(21)22)16(9-13)27-2/h3-9,20H,11H2,1-2H3,(H,24,26). The molecule has 0 aliphatic rings. The quantitative estimate of drug-likeness (QED) is 0.651. The average Bonchev–Trinajstić information content (AvgIpc) is 3.33. The van der Waals surface area contributed by atoms with Gasteiger partial charge in [0.1, 0.15) is 23.0 Å². The number of carbonyl (C=O) groups is 1. The van der Waals surface area contributed by atoms with Crippen LogP contribution in [0.15, 0.2) is 47.1 Å². The minimum atomic E-state index is -2.97. The maximum absolute atomic E-state index is 12.7. The SMILES string of the molecule is COc1cc(CNC(=O)c2c(C)oc(-n3cccc3)c2C#N)ccc1OC(F)F. The number of benzene rings is 1. The molecule has 0 aliphatic carbocycles.